The zero-order chi connectivity index (χ0) is 13.6. The van der Waals surface area contributed by atoms with Crippen molar-refractivity contribution >= 4 is 5.91 Å². The van der Waals surface area contributed by atoms with Crippen LogP contribution in [-0.2, 0) is 14.3 Å². The summed E-state index contributed by atoms with van der Waals surface area (Å²) in [4.78, 5) is 14.4. The molecule has 0 aromatic carbocycles. The fourth-order valence-electron chi connectivity index (χ4n) is 3.00. The number of carbonyl (C=O) groups excluding carboxylic acids is 1. The number of nitrogens with two attached hydrogens (primary N) is 1. The zero-order valence-corrected chi connectivity index (χ0v) is 11.8. The third-order valence-electron chi connectivity index (χ3n) is 3.46. The summed E-state index contributed by atoms with van der Waals surface area (Å²) in [7, 11) is 0. The molecular formula is C13H24N2O3. The Labute approximate surface area is 109 Å². The van der Waals surface area contributed by atoms with Crippen LogP contribution in [-0.4, -0.2) is 53.9 Å². The molecule has 2 fully saturated rings. The molecule has 2 N–H and O–H groups in total. The molecule has 2 aliphatic heterocycles. The van der Waals surface area contributed by atoms with E-state index >= 15 is 0 Å². The molecule has 2 rings (SSSR count). The highest BCUT2D eigenvalue weighted by molar-refractivity contribution is 5.87. The van der Waals surface area contributed by atoms with Crippen LogP contribution in [0.4, 0.5) is 0 Å². The van der Waals surface area contributed by atoms with Gasteiger partial charge in [0.05, 0.1) is 17.8 Å². The molecule has 1 amide bonds. The topological polar surface area (TPSA) is 64.8 Å². The lowest BCUT2D eigenvalue weighted by atomic mass is 9.93. The summed E-state index contributed by atoms with van der Waals surface area (Å²) in [5.74, 6) is -0.00977. The van der Waals surface area contributed by atoms with E-state index in [1.54, 1.807) is 0 Å². The largest absolute Gasteiger partial charge is 0.379 e. The van der Waals surface area contributed by atoms with Crippen LogP contribution in [0.1, 0.15) is 34.1 Å². The van der Waals surface area contributed by atoms with Gasteiger partial charge >= 0.3 is 0 Å². The summed E-state index contributed by atoms with van der Waals surface area (Å²) in [5, 5.41) is 0. The van der Waals surface area contributed by atoms with Crippen molar-refractivity contribution in [3.05, 3.63) is 0 Å². The molecule has 0 aromatic heterocycles. The molecule has 0 bridgehead atoms. The molecule has 5 nitrogen and oxygen atoms in total. The number of carbonyl (C=O) groups is 1. The lowest BCUT2D eigenvalue weighted by Crippen LogP contribution is -2.64. The molecule has 0 spiro atoms. The number of nitrogens with zero attached hydrogens (tertiary/aromatic N) is 1. The summed E-state index contributed by atoms with van der Waals surface area (Å²) in [5.41, 5.74) is 4.63. The average molecular weight is 256 g/mol. The van der Waals surface area contributed by atoms with E-state index in [0.29, 0.717) is 32.7 Å². The van der Waals surface area contributed by atoms with Gasteiger partial charge in [-0.15, -0.1) is 0 Å². The number of hydrogen-bond donors (Lipinski definition) is 1. The minimum atomic E-state index is -0.844. The minimum Gasteiger partial charge on any atom is -0.379 e. The number of amides is 1. The van der Waals surface area contributed by atoms with E-state index in [9.17, 15) is 4.79 Å². The van der Waals surface area contributed by atoms with Crippen molar-refractivity contribution in [3.63, 3.8) is 0 Å². The van der Waals surface area contributed by atoms with Gasteiger partial charge in [-0.05, 0) is 34.1 Å². The predicted molar refractivity (Wildman–Crippen MR) is 68.2 cm³/mol. The normalized spacial score (nSPS) is 34.6. The van der Waals surface area contributed by atoms with Crippen LogP contribution in [0.2, 0.25) is 0 Å². The lowest BCUT2D eigenvalue weighted by molar-refractivity contribution is -0.190. The Morgan fingerprint density at radius 3 is 2.17 bits per heavy atom. The average Bonchev–Trinajstić information content (AvgIpc) is 2.60. The van der Waals surface area contributed by atoms with Crippen molar-refractivity contribution in [3.8, 4) is 0 Å². The molecule has 0 radical (unpaired) electrons. The summed E-state index contributed by atoms with van der Waals surface area (Å²) >= 11 is 0. The maximum Gasteiger partial charge on any atom is 0.245 e. The molecule has 0 aliphatic carbocycles. The first-order valence-corrected chi connectivity index (χ1v) is 6.50. The van der Waals surface area contributed by atoms with Gasteiger partial charge in [-0.25, -0.2) is 0 Å². The van der Waals surface area contributed by atoms with Crippen LogP contribution in [0.5, 0.6) is 0 Å². The Hall–Kier alpha value is -0.650. The lowest BCUT2D eigenvalue weighted by Gasteiger charge is -2.48. The Morgan fingerprint density at radius 2 is 1.72 bits per heavy atom. The van der Waals surface area contributed by atoms with Crippen LogP contribution in [0.3, 0.4) is 0 Å². The Morgan fingerprint density at radius 1 is 1.17 bits per heavy atom. The van der Waals surface area contributed by atoms with Crippen molar-refractivity contribution < 1.29 is 14.3 Å². The first kappa shape index (κ1) is 13.8. The van der Waals surface area contributed by atoms with Gasteiger partial charge in [0, 0.05) is 19.7 Å². The van der Waals surface area contributed by atoms with E-state index in [4.69, 9.17) is 15.2 Å². The molecule has 104 valence electrons. The van der Waals surface area contributed by atoms with E-state index < -0.39 is 5.54 Å². The standard InChI is InChI=1S/C13H24N2O3/c1-11(2)7-15(8-12(3,4)18-11)10(16)13(14)5-6-17-9-13/h5-9,14H2,1-4H3. The molecule has 18 heavy (non-hydrogen) atoms. The molecule has 0 aromatic rings. The smallest absolute Gasteiger partial charge is 0.245 e. The molecule has 2 saturated heterocycles. The van der Waals surface area contributed by atoms with Crippen molar-refractivity contribution in [2.24, 2.45) is 5.73 Å². The Balaban J connectivity index is 2.15. The molecule has 2 heterocycles. The Bertz CT molecular complexity index is 330. The van der Waals surface area contributed by atoms with Crippen LogP contribution in [0.25, 0.3) is 0 Å². The van der Waals surface area contributed by atoms with Crippen molar-refractivity contribution in [1.29, 1.82) is 0 Å². The number of hydrogen-bond acceptors (Lipinski definition) is 4. The number of morpholine rings is 1. The van der Waals surface area contributed by atoms with Gasteiger partial charge in [-0.3, -0.25) is 4.79 Å². The van der Waals surface area contributed by atoms with Gasteiger partial charge in [0.2, 0.25) is 5.91 Å². The van der Waals surface area contributed by atoms with Gasteiger partial charge < -0.3 is 20.1 Å². The summed E-state index contributed by atoms with van der Waals surface area (Å²) < 4.78 is 11.2. The van der Waals surface area contributed by atoms with E-state index in [1.165, 1.54) is 0 Å². The molecule has 1 atom stereocenters. The maximum absolute atomic E-state index is 12.6. The number of rotatable bonds is 1. The van der Waals surface area contributed by atoms with Crippen molar-refractivity contribution in [1.82, 2.24) is 4.90 Å². The first-order chi connectivity index (χ1) is 8.14. The third-order valence-corrected chi connectivity index (χ3v) is 3.46. The predicted octanol–water partition coefficient (Wildman–Crippen LogP) is 0.520. The first-order valence-electron chi connectivity index (χ1n) is 6.50. The van der Waals surface area contributed by atoms with Gasteiger partial charge in [0.25, 0.3) is 0 Å². The fraction of sp³-hybridized carbons (Fsp3) is 0.923. The van der Waals surface area contributed by atoms with Crippen LogP contribution in [0.15, 0.2) is 0 Å². The Kier molecular flexibility index (Phi) is 3.20. The minimum absolute atomic E-state index is 0.00977. The number of ether oxygens (including phenoxy) is 2. The van der Waals surface area contributed by atoms with Crippen LogP contribution in [0, 0.1) is 0 Å². The highest BCUT2D eigenvalue weighted by atomic mass is 16.5. The molecule has 5 heteroatoms. The monoisotopic (exact) mass is 256 g/mol. The van der Waals surface area contributed by atoms with Crippen LogP contribution >= 0.6 is 0 Å². The maximum atomic E-state index is 12.6. The van der Waals surface area contributed by atoms with Crippen molar-refractivity contribution in [2.75, 3.05) is 26.3 Å². The third kappa shape index (κ3) is 2.68. The van der Waals surface area contributed by atoms with Gasteiger partial charge in [0.1, 0.15) is 5.54 Å². The summed E-state index contributed by atoms with van der Waals surface area (Å²) in [6, 6.07) is 0. The van der Waals surface area contributed by atoms with E-state index in [1.807, 2.05) is 32.6 Å². The van der Waals surface area contributed by atoms with E-state index in [2.05, 4.69) is 0 Å². The summed E-state index contributed by atoms with van der Waals surface area (Å²) in [6.07, 6.45) is 0.601. The highest BCUT2D eigenvalue weighted by Gasteiger charge is 2.46. The van der Waals surface area contributed by atoms with E-state index in [0.717, 1.165) is 0 Å². The zero-order valence-electron chi connectivity index (χ0n) is 11.8. The SMILES string of the molecule is CC1(C)CN(C(=O)C2(N)CCOC2)CC(C)(C)O1. The van der Waals surface area contributed by atoms with E-state index in [-0.39, 0.29) is 17.1 Å². The van der Waals surface area contributed by atoms with Crippen molar-refractivity contribution in [2.45, 2.75) is 50.9 Å². The molecule has 1 unspecified atom stereocenters. The second-order valence-corrected chi connectivity index (χ2v) is 6.74. The summed E-state index contributed by atoms with van der Waals surface area (Å²) in [6.45, 7) is 10.1. The van der Waals surface area contributed by atoms with Gasteiger partial charge in [-0.1, -0.05) is 0 Å². The molecule has 2 aliphatic rings. The van der Waals surface area contributed by atoms with Gasteiger partial charge in [0.15, 0.2) is 0 Å². The molecular weight excluding hydrogens is 232 g/mol. The quantitative estimate of drug-likeness (QED) is 0.743. The second-order valence-electron chi connectivity index (χ2n) is 6.74. The van der Waals surface area contributed by atoms with Crippen LogP contribution < -0.4 is 5.73 Å². The molecule has 0 saturated carbocycles. The second kappa shape index (κ2) is 4.18. The highest BCUT2D eigenvalue weighted by Crippen LogP contribution is 2.30. The fourth-order valence-corrected chi connectivity index (χ4v) is 3.00. The van der Waals surface area contributed by atoms with Gasteiger partial charge in [-0.2, -0.15) is 0 Å².